The molecule has 4 heteroatoms. The van der Waals surface area contributed by atoms with Gasteiger partial charge in [0.25, 0.3) is 5.91 Å². The van der Waals surface area contributed by atoms with Gasteiger partial charge in [0, 0.05) is 22.3 Å². The van der Waals surface area contributed by atoms with Crippen molar-refractivity contribution in [3.05, 3.63) is 65.3 Å². The van der Waals surface area contributed by atoms with E-state index in [1.807, 2.05) is 24.4 Å². The fourth-order valence-electron chi connectivity index (χ4n) is 2.04. The molecule has 0 aliphatic carbocycles. The molecule has 19 heavy (non-hydrogen) atoms. The average molecular weight is 271 g/mol. The van der Waals surface area contributed by atoms with Crippen LogP contribution in [0.4, 0.5) is 5.69 Å². The maximum atomic E-state index is 12.3. The molecule has 1 heterocycles. The van der Waals surface area contributed by atoms with Crippen LogP contribution in [-0.4, -0.2) is 10.9 Å². The van der Waals surface area contributed by atoms with Gasteiger partial charge in [0.1, 0.15) is 0 Å². The SMILES string of the molecule is O=C(Nc1cccc(Cl)c1)c1cccc2cc[nH]c12. The molecule has 3 aromatic rings. The smallest absolute Gasteiger partial charge is 0.257 e. The number of aromatic nitrogens is 1. The van der Waals surface area contributed by atoms with E-state index in [4.69, 9.17) is 11.6 Å². The Morgan fingerprint density at radius 1 is 1.11 bits per heavy atom. The normalized spacial score (nSPS) is 10.6. The van der Waals surface area contributed by atoms with Crippen molar-refractivity contribution in [3.8, 4) is 0 Å². The highest BCUT2D eigenvalue weighted by atomic mass is 35.5. The molecule has 2 N–H and O–H groups in total. The van der Waals surface area contributed by atoms with E-state index in [1.54, 1.807) is 30.3 Å². The van der Waals surface area contributed by atoms with E-state index in [2.05, 4.69) is 10.3 Å². The van der Waals surface area contributed by atoms with Crippen LogP contribution in [0.15, 0.2) is 54.7 Å². The van der Waals surface area contributed by atoms with Gasteiger partial charge in [0.15, 0.2) is 0 Å². The van der Waals surface area contributed by atoms with Crippen LogP contribution in [-0.2, 0) is 0 Å². The Hall–Kier alpha value is -2.26. The Morgan fingerprint density at radius 3 is 2.79 bits per heavy atom. The van der Waals surface area contributed by atoms with Gasteiger partial charge in [-0.3, -0.25) is 4.79 Å². The van der Waals surface area contributed by atoms with Crippen LogP contribution in [0.25, 0.3) is 10.9 Å². The number of carbonyl (C=O) groups excluding carboxylic acids is 1. The number of para-hydroxylation sites is 1. The van der Waals surface area contributed by atoms with Gasteiger partial charge >= 0.3 is 0 Å². The third kappa shape index (κ3) is 2.33. The number of carbonyl (C=O) groups is 1. The largest absolute Gasteiger partial charge is 0.361 e. The predicted octanol–water partition coefficient (Wildman–Crippen LogP) is 4.07. The molecule has 0 aliphatic rings. The topological polar surface area (TPSA) is 44.9 Å². The molecule has 0 spiro atoms. The zero-order valence-electron chi connectivity index (χ0n) is 9.98. The summed E-state index contributed by atoms with van der Waals surface area (Å²) in [6.07, 6.45) is 1.82. The number of aromatic amines is 1. The fourth-order valence-corrected chi connectivity index (χ4v) is 2.23. The van der Waals surface area contributed by atoms with Crippen molar-refractivity contribution in [3.63, 3.8) is 0 Å². The summed E-state index contributed by atoms with van der Waals surface area (Å²) in [6.45, 7) is 0. The standard InChI is InChI=1S/C15H11ClN2O/c16-11-4-2-5-12(9-11)18-15(19)13-6-1-3-10-7-8-17-14(10)13/h1-9,17H,(H,18,19). The summed E-state index contributed by atoms with van der Waals surface area (Å²) in [6, 6.07) is 14.6. The predicted molar refractivity (Wildman–Crippen MR) is 77.7 cm³/mol. The van der Waals surface area contributed by atoms with Crippen LogP contribution in [0.2, 0.25) is 5.02 Å². The number of H-pyrrole nitrogens is 1. The molecule has 94 valence electrons. The van der Waals surface area contributed by atoms with Gasteiger partial charge in [0.2, 0.25) is 0 Å². The molecule has 0 aliphatic heterocycles. The molecule has 0 bridgehead atoms. The van der Waals surface area contributed by atoms with Gasteiger partial charge in [-0.25, -0.2) is 0 Å². The summed E-state index contributed by atoms with van der Waals surface area (Å²) in [5, 5.41) is 4.44. The number of nitrogens with one attached hydrogen (secondary N) is 2. The summed E-state index contributed by atoms with van der Waals surface area (Å²) >= 11 is 5.89. The van der Waals surface area contributed by atoms with Crippen LogP contribution >= 0.6 is 11.6 Å². The lowest BCUT2D eigenvalue weighted by Gasteiger charge is -2.06. The fraction of sp³-hybridized carbons (Fsp3) is 0. The van der Waals surface area contributed by atoms with Gasteiger partial charge in [-0.15, -0.1) is 0 Å². The summed E-state index contributed by atoms with van der Waals surface area (Å²) in [5.41, 5.74) is 2.13. The lowest BCUT2D eigenvalue weighted by molar-refractivity contribution is 0.102. The minimum atomic E-state index is -0.157. The first-order chi connectivity index (χ1) is 9.24. The van der Waals surface area contributed by atoms with E-state index in [0.29, 0.717) is 16.3 Å². The van der Waals surface area contributed by atoms with Gasteiger partial charge in [0.05, 0.1) is 11.1 Å². The minimum Gasteiger partial charge on any atom is -0.361 e. The van der Waals surface area contributed by atoms with Crippen molar-refractivity contribution >= 4 is 34.1 Å². The molecular weight excluding hydrogens is 260 g/mol. The van der Waals surface area contributed by atoms with Crippen molar-refractivity contribution in [1.29, 1.82) is 0 Å². The Labute approximate surface area is 115 Å². The van der Waals surface area contributed by atoms with E-state index in [9.17, 15) is 4.79 Å². The number of hydrogen-bond acceptors (Lipinski definition) is 1. The van der Waals surface area contributed by atoms with Crippen molar-refractivity contribution in [2.75, 3.05) is 5.32 Å². The van der Waals surface area contributed by atoms with Crippen molar-refractivity contribution < 1.29 is 4.79 Å². The van der Waals surface area contributed by atoms with E-state index < -0.39 is 0 Å². The van der Waals surface area contributed by atoms with E-state index in [-0.39, 0.29) is 5.91 Å². The molecule has 0 radical (unpaired) electrons. The van der Waals surface area contributed by atoms with E-state index in [0.717, 1.165) is 10.9 Å². The summed E-state index contributed by atoms with van der Waals surface area (Å²) < 4.78 is 0. The maximum absolute atomic E-state index is 12.3. The lowest BCUT2D eigenvalue weighted by Crippen LogP contribution is -2.12. The average Bonchev–Trinajstić information content (AvgIpc) is 2.86. The van der Waals surface area contributed by atoms with Gasteiger partial charge in [-0.2, -0.15) is 0 Å². The second-order valence-electron chi connectivity index (χ2n) is 4.21. The first kappa shape index (κ1) is 11.8. The summed E-state index contributed by atoms with van der Waals surface area (Å²) in [4.78, 5) is 15.3. The van der Waals surface area contributed by atoms with Crippen molar-refractivity contribution in [2.45, 2.75) is 0 Å². The van der Waals surface area contributed by atoms with Gasteiger partial charge in [-0.1, -0.05) is 29.8 Å². The minimum absolute atomic E-state index is 0.157. The number of anilines is 1. The molecule has 1 aromatic heterocycles. The molecule has 1 amide bonds. The van der Waals surface area contributed by atoms with Crippen LogP contribution in [0.1, 0.15) is 10.4 Å². The molecule has 0 saturated carbocycles. The zero-order chi connectivity index (χ0) is 13.2. The van der Waals surface area contributed by atoms with Crippen LogP contribution in [0.5, 0.6) is 0 Å². The third-order valence-corrected chi connectivity index (χ3v) is 3.15. The number of fused-ring (bicyclic) bond motifs is 1. The van der Waals surface area contributed by atoms with Crippen LogP contribution in [0, 0.1) is 0 Å². The highest BCUT2D eigenvalue weighted by Crippen LogP contribution is 2.20. The number of rotatable bonds is 2. The Balaban J connectivity index is 1.94. The van der Waals surface area contributed by atoms with Gasteiger partial charge < -0.3 is 10.3 Å². The monoisotopic (exact) mass is 270 g/mol. The van der Waals surface area contributed by atoms with Crippen molar-refractivity contribution in [2.24, 2.45) is 0 Å². The Morgan fingerprint density at radius 2 is 1.95 bits per heavy atom. The highest BCUT2D eigenvalue weighted by molar-refractivity contribution is 6.31. The van der Waals surface area contributed by atoms with Crippen LogP contribution < -0.4 is 5.32 Å². The van der Waals surface area contributed by atoms with Crippen molar-refractivity contribution in [1.82, 2.24) is 4.98 Å². The van der Waals surface area contributed by atoms with Gasteiger partial charge in [-0.05, 0) is 30.3 Å². The van der Waals surface area contributed by atoms with E-state index in [1.165, 1.54) is 0 Å². The summed E-state index contributed by atoms with van der Waals surface area (Å²) in [5.74, 6) is -0.157. The Kier molecular flexibility index (Phi) is 2.97. The number of hydrogen-bond donors (Lipinski definition) is 2. The molecule has 0 atom stereocenters. The number of halogens is 1. The maximum Gasteiger partial charge on any atom is 0.257 e. The lowest BCUT2D eigenvalue weighted by atomic mass is 10.1. The number of benzene rings is 2. The molecule has 0 saturated heterocycles. The molecule has 3 rings (SSSR count). The molecule has 0 fully saturated rings. The number of amides is 1. The second-order valence-corrected chi connectivity index (χ2v) is 4.65. The van der Waals surface area contributed by atoms with Crippen LogP contribution in [0.3, 0.4) is 0 Å². The summed E-state index contributed by atoms with van der Waals surface area (Å²) in [7, 11) is 0. The Bertz CT molecular complexity index is 748. The van der Waals surface area contributed by atoms with E-state index >= 15 is 0 Å². The molecule has 3 nitrogen and oxygen atoms in total. The first-order valence-corrected chi connectivity index (χ1v) is 6.25. The molecular formula is C15H11ClN2O. The molecule has 0 unspecified atom stereocenters. The zero-order valence-corrected chi connectivity index (χ0v) is 10.7. The molecule has 2 aromatic carbocycles. The third-order valence-electron chi connectivity index (χ3n) is 2.91. The highest BCUT2D eigenvalue weighted by Gasteiger charge is 2.10. The first-order valence-electron chi connectivity index (χ1n) is 5.87. The second kappa shape index (κ2) is 4.78. The quantitative estimate of drug-likeness (QED) is 0.724.